The van der Waals surface area contributed by atoms with Gasteiger partial charge in [0.2, 0.25) is 0 Å². The molecule has 82 valence electrons. The molecule has 0 radical (unpaired) electrons. The third-order valence-corrected chi connectivity index (χ3v) is 2.08. The quantitative estimate of drug-likeness (QED) is 0.627. The Morgan fingerprint density at radius 1 is 0.938 bits per heavy atom. The Kier molecular flexibility index (Phi) is 5.72. The Morgan fingerprint density at radius 3 is 2.31 bits per heavy atom. The van der Waals surface area contributed by atoms with Crippen molar-refractivity contribution in [1.82, 2.24) is 0 Å². The van der Waals surface area contributed by atoms with Crippen LogP contribution in [0, 0.1) is 0 Å². The van der Waals surface area contributed by atoms with E-state index in [1.54, 1.807) is 0 Å². The van der Waals surface area contributed by atoms with Gasteiger partial charge in [-0.15, -0.1) is 0 Å². The molecule has 0 atom stereocenters. The van der Waals surface area contributed by atoms with Crippen molar-refractivity contribution in [2.24, 2.45) is 0 Å². The monoisotopic (exact) mass is 210 g/mol. The van der Waals surface area contributed by atoms with E-state index in [1.807, 2.05) is 37.3 Å². The lowest BCUT2D eigenvalue weighted by atomic mass is 10.1. The average molecular weight is 210 g/mol. The second-order valence-electron chi connectivity index (χ2n) is 3.57. The second kappa shape index (κ2) is 7.47. The SMILES string of the molecule is C/C=C/C=C/C=C/C(C)=C/c1ccccc1. The highest BCUT2D eigenvalue weighted by Crippen LogP contribution is 2.06. The van der Waals surface area contributed by atoms with Crippen LogP contribution in [0.15, 0.2) is 72.4 Å². The number of rotatable bonds is 4. The van der Waals surface area contributed by atoms with Gasteiger partial charge in [0.1, 0.15) is 0 Å². The fourth-order valence-corrected chi connectivity index (χ4v) is 1.31. The molecule has 16 heavy (non-hydrogen) atoms. The fourth-order valence-electron chi connectivity index (χ4n) is 1.31. The normalized spacial score (nSPS) is 13.2. The van der Waals surface area contributed by atoms with Gasteiger partial charge in [-0.2, -0.15) is 0 Å². The molecule has 0 heterocycles. The summed E-state index contributed by atoms with van der Waals surface area (Å²) >= 11 is 0. The summed E-state index contributed by atoms with van der Waals surface area (Å²) in [6.45, 7) is 4.11. The van der Waals surface area contributed by atoms with Gasteiger partial charge in [0.25, 0.3) is 0 Å². The van der Waals surface area contributed by atoms with Gasteiger partial charge in [-0.3, -0.25) is 0 Å². The van der Waals surface area contributed by atoms with Gasteiger partial charge in [0.15, 0.2) is 0 Å². The molecule has 1 aromatic rings. The van der Waals surface area contributed by atoms with Crippen LogP contribution in [0.4, 0.5) is 0 Å². The van der Waals surface area contributed by atoms with E-state index in [2.05, 4.69) is 49.4 Å². The van der Waals surface area contributed by atoms with Crippen LogP contribution in [0.2, 0.25) is 0 Å². The molecule has 0 saturated carbocycles. The largest absolute Gasteiger partial charge is 0.0877 e. The van der Waals surface area contributed by atoms with Gasteiger partial charge in [0.05, 0.1) is 0 Å². The summed E-state index contributed by atoms with van der Waals surface area (Å²) in [5.41, 5.74) is 2.48. The number of benzene rings is 1. The lowest BCUT2D eigenvalue weighted by molar-refractivity contribution is 1.54. The summed E-state index contributed by atoms with van der Waals surface area (Å²) in [6, 6.07) is 10.3. The van der Waals surface area contributed by atoms with E-state index in [0.29, 0.717) is 0 Å². The van der Waals surface area contributed by atoms with Crippen LogP contribution in [0.3, 0.4) is 0 Å². The van der Waals surface area contributed by atoms with Gasteiger partial charge < -0.3 is 0 Å². The van der Waals surface area contributed by atoms with Crippen LogP contribution in [-0.4, -0.2) is 0 Å². The maximum atomic E-state index is 2.17. The highest BCUT2D eigenvalue weighted by molar-refractivity contribution is 5.55. The highest BCUT2D eigenvalue weighted by atomic mass is 13.9. The van der Waals surface area contributed by atoms with E-state index in [1.165, 1.54) is 11.1 Å². The summed E-state index contributed by atoms with van der Waals surface area (Å²) in [7, 11) is 0. The van der Waals surface area contributed by atoms with E-state index >= 15 is 0 Å². The average Bonchev–Trinajstić information content (AvgIpc) is 2.30. The lowest BCUT2D eigenvalue weighted by Crippen LogP contribution is -1.72. The predicted octanol–water partition coefficient (Wildman–Crippen LogP) is 4.78. The fraction of sp³-hybridized carbons (Fsp3) is 0.125. The molecule has 0 aliphatic carbocycles. The minimum atomic E-state index is 1.24. The van der Waals surface area contributed by atoms with E-state index in [0.717, 1.165) is 0 Å². The minimum Gasteiger partial charge on any atom is -0.0877 e. The maximum Gasteiger partial charge on any atom is -0.0254 e. The molecule has 0 amide bonds. The third-order valence-electron chi connectivity index (χ3n) is 2.08. The van der Waals surface area contributed by atoms with Crippen molar-refractivity contribution in [3.05, 3.63) is 77.9 Å². The van der Waals surface area contributed by atoms with Crippen molar-refractivity contribution in [1.29, 1.82) is 0 Å². The predicted molar refractivity (Wildman–Crippen MR) is 73.2 cm³/mol. The zero-order valence-corrected chi connectivity index (χ0v) is 9.93. The first kappa shape index (κ1) is 12.3. The van der Waals surface area contributed by atoms with Crippen LogP contribution in [0.25, 0.3) is 6.08 Å². The molecule has 0 aromatic heterocycles. The van der Waals surface area contributed by atoms with Crippen LogP contribution in [-0.2, 0) is 0 Å². The molecule has 0 heteroatoms. The van der Waals surface area contributed by atoms with Crippen molar-refractivity contribution >= 4 is 6.08 Å². The summed E-state index contributed by atoms with van der Waals surface area (Å²) < 4.78 is 0. The summed E-state index contributed by atoms with van der Waals surface area (Å²) in [4.78, 5) is 0. The Balaban J connectivity index is 2.58. The first-order chi connectivity index (χ1) is 7.83. The number of hydrogen-bond donors (Lipinski definition) is 0. The van der Waals surface area contributed by atoms with Crippen LogP contribution in [0.5, 0.6) is 0 Å². The first-order valence-corrected chi connectivity index (χ1v) is 5.52. The standard InChI is InChI=1S/C16H18/c1-3-4-5-6-8-11-15(2)14-16-12-9-7-10-13-16/h3-14H,1-2H3/b4-3+,6-5+,11-8+,15-14+. The molecule has 0 spiro atoms. The topological polar surface area (TPSA) is 0 Å². The van der Waals surface area contributed by atoms with E-state index in [-0.39, 0.29) is 0 Å². The van der Waals surface area contributed by atoms with Gasteiger partial charge in [0, 0.05) is 0 Å². The molecule has 0 nitrogen and oxygen atoms in total. The number of allylic oxidation sites excluding steroid dienone is 7. The zero-order chi connectivity index (χ0) is 11.6. The molecule has 0 bridgehead atoms. The van der Waals surface area contributed by atoms with Crippen LogP contribution >= 0.6 is 0 Å². The molecular weight excluding hydrogens is 192 g/mol. The molecule has 0 fully saturated rings. The Hall–Kier alpha value is -1.82. The smallest absolute Gasteiger partial charge is 0.0254 e. The molecule has 1 aromatic carbocycles. The zero-order valence-electron chi connectivity index (χ0n) is 9.93. The summed E-state index contributed by atoms with van der Waals surface area (Å²) in [5.74, 6) is 0. The lowest BCUT2D eigenvalue weighted by Gasteiger charge is -1.93. The highest BCUT2D eigenvalue weighted by Gasteiger charge is 1.85. The van der Waals surface area contributed by atoms with Crippen molar-refractivity contribution in [2.75, 3.05) is 0 Å². The first-order valence-electron chi connectivity index (χ1n) is 5.52. The van der Waals surface area contributed by atoms with Crippen molar-refractivity contribution in [2.45, 2.75) is 13.8 Å². The Morgan fingerprint density at radius 2 is 1.62 bits per heavy atom. The molecule has 0 N–H and O–H groups in total. The van der Waals surface area contributed by atoms with E-state index in [9.17, 15) is 0 Å². The number of hydrogen-bond acceptors (Lipinski definition) is 0. The molecular formula is C16H18. The summed E-state index contributed by atoms with van der Waals surface area (Å²) in [6.07, 6.45) is 14.4. The van der Waals surface area contributed by atoms with Gasteiger partial charge in [-0.25, -0.2) is 0 Å². The molecule has 0 saturated heterocycles. The minimum absolute atomic E-state index is 1.24. The van der Waals surface area contributed by atoms with Gasteiger partial charge >= 0.3 is 0 Å². The van der Waals surface area contributed by atoms with E-state index < -0.39 is 0 Å². The molecule has 0 aliphatic heterocycles. The van der Waals surface area contributed by atoms with Crippen LogP contribution < -0.4 is 0 Å². The Bertz CT molecular complexity index is 403. The van der Waals surface area contributed by atoms with Gasteiger partial charge in [-0.05, 0) is 19.4 Å². The van der Waals surface area contributed by atoms with Gasteiger partial charge in [-0.1, -0.05) is 78.4 Å². The van der Waals surface area contributed by atoms with Crippen molar-refractivity contribution in [3.63, 3.8) is 0 Å². The summed E-state index contributed by atoms with van der Waals surface area (Å²) in [5, 5.41) is 0. The van der Waals surface area contributed by atoms with Crippen LogP contribution in [0.1, 0.15) is 19.4 Å². The molecule has 0 aliphatic rings. The molecule has 1 rings (SSSR count). The third kappa shape index (κ3) is 5.16. The Labute approximate surface area is 98.3 Å². The molecule has 0 unspecified atom stereocenters. The van der Waals surface area contributed by atoms with Crippen molar-refractivity contribution < 1.29 is 0 Å². The van der Waals surface area contributed by atoms with E-state index in [4.69, 9.17) is 0 Å². The maximum absolute atomic E-state index is 2.17. The second-order valence-corrected chi connectivity index (χ2v) is 3.57. The van der Waals surface area contributed by atoms with Crippen molar-refractivity contribution in [3.8, 4) is 0 Å².